The molecule has 0 spiro atoms. The predicted octanol–water partition coefficient (Wildman–Crippen LogP) is 2.33. The van der Waals surface area contributed by atoms with Crippen LogP contribution in [-0.4, -0.2) is 20.7 Å². The molecular weight excluding hydrogens is 319 g/mol. The number of halogens is 1. The van der Waals surface area contributed by atoms with Gasteiger partial charge in [0.2, 0.25) is 10.0 Å². The average molecular weight is 336 g/mol. The van der Waals surface area contributed by atoms with Gasteiger partial charge in [0.1, 0.15) is 5.82 Å². The first-order valence-electron chi connectivity index (χ1n) is 6.94. The maximum Gasteiger partial charge on any atom is 0.238 e. The molecule has 122 valence electrons. The van der Waals surface area contributed by atoms with Crippen LogP contribution in [-0.2, 0) is 16.4 Å². The number of carbonyl (C=O) groups is 1. The summed E-state index contributed by atoms with van der Waals surface area (Å²) in [5.41, 5.74) is 1.38. The van der Waals surface area contributed by atoms with Crippen LogP contribution in [0.2, 0.25) is 0 Å². The number of hydrogen-bond donors (Lipinski definition) is 2. The molecule has 7 heteroatoms. The maximum atomic E-state index is 13.7. The number of nitrogens with two attached hydrogens (primary N) is 1. The molecule has 0 atom stereocenters. The van der Waals surface area contributed by atoms with E-state index in [1.165, 1.54) is 31.2 Å². The summed E-state index contributed by atoms with van der Waals surface area (Å²) in [7, 11) is -3.70. The number of benzene rings is 2. The Morgan fingerprint density at radius 2 is 1.83 bits per heavy atom. The summed E-state index contributed by atoms with van der Waals surface area (Å²) in [4.78, 5) is 11.6. The van der Waals surface area contributed by atoms with E-state index in [1.807, 2.05) is 0 Å². The Morgan fingerprint density at radius 3 is 2.39 bits per heavy atom. The lowest BCUT2D eigenvalue weighted by molar-refractivity contribution is 0.101. The molecule has 0 bridgehead atoms. The van der Waals surface area contributed by atoms with Gasteiger partial charge in [-0.15, -0.1) is 0 Å². The number of sulfonamides is 1. The van der Waals surface area contributed by atoms with E-state index in [2.05, 4.69) is 5.32 Å². The van der Waals surface area contributed by atoms with Crippen LogP contribution in [0, 0.1) is 5.82 Å². The third-order valence-corrected chi connectivity index (χ3v) is 4.28. The van der Waals surface area contributed by atoms with Gasteiger partial charge in [0.15, 0.2) is 5.78 Å². The van der Waals surface area contributed by atoms with Gasteiger partial charge in [0, 0.05) is 12.2 Å². The van der Waals surface area contributed by atoms with Gasteiger partial charge in [-0.1, -0.05) is 18.2 Å². The molecule has 2 aromatic carbocycles. The molecule has 23 heavy (non-hydrogen) atoms. The topological polar surface area (TPSA) is 89.3 Å². The van der Waals surface area contributed by atoms with Crippen LogP contribution in [0.1, 0.15) is 22.8 Å². The summed E-state index contributed by atoms with van der Waals surface area (Å²) in [6.45, 7) is 1.79. The fourth-order valence-corrected chi connectivity index (χ4v) is 2.73. The smallest absolute Gasteiger partial charge is 0.238 e. The van der Waals surface area contributed by atoms with Crippen molar-refractivity contribution in [3.8, 4) is 0 Å². The van der Waals surface area contributed by atoms with E-state index in [9.17, 15) is 17.6 Å². The van der Waals surface area contributed by atoms with Crippen LogP contribution in [0.25, 0.3) is 0 Å². The van der Waals surface area contributed by atoms with E-state index < -0.39 is 15.8 Å². The van der Waals surface area contributed by atoms with Crippen molar-refractivity contribution in [1.29, 1.82) is 0 Å². The van der Waals surface area contributed by atoms with Gasteiger partial charge in [-0.2, -0.15) is 0 Å². The number of rotatable bonds is 6. The molecule has 0 aliphatic carbocycles. The maximum absolute atomic E-state index is 13.7. The molecule has 0 radical (unpaired) electrons. The highest BCUT2D eigenvalue weighted by atomic mass is 32.2. The van der Waals surface area contributed by atoms with Gasteiger partial charge in [0.05, 0.1) is 10.5 Å². The Bertz CT molecular complexity index is 818. The molecule has 0 saturated heterocycles. The second kappa shape index (κ2) is 6.89. The first kappa shape index (κ1) is 17.1. The Kier molecular flexibility index (Phi) is 5.12. The van der Waals surface area contributed by atoms with E-state index >= 15 is 0 Å². The normalized spacial score (nSPS) is 11.3. The highest BCUT2D eigenvalue weighted by Crippen LogP contribution is 2.19. The standard InChI is InChI=1S/C16H17FN2O3S/c1-11(20)16-14(17)3-2-4-15(16)19-10-9-12-5-7-13(8-6-12)23(18,21)22/h2-8,19H,9-10H2,1H3,(H2,18,21,22). The summed E-state index contributed by atoms with van der Waals surface area (Å²) in [5.74, 6) is -0.900. The number of ketones is 1. The lowest BCUT2D eigenvalue weighted by Crippen LogP contribution is -2.12. The van der Waals surface area contributed by atoms with Gasteiger partial charge in [0.25, 0.3) is 0 Å². The molecule has 0 unspecified atom stereocenters. The summed E-state index contributed by atoms with van der Waals surface area (Å²) in [6.07, 6.45) is 0.582. The Labute approximate surface area is 134 Å². The minimum Gasteiger partial charge on any atom is -0.384 e. The summed E-state index contributed by atoms with van der Waals surface area (Å²) >= 11 is 0. The Morgan fingerprint density at radius 1 is 1.17 bits per heavy atom. The fourth-order valence-electron chi connectivity index (χ4n) is 2.22. The van der Waals surface area contributed by atoms with Crippen molar-refractivity contribution in [2.75, 3.05) is 11.9 Å². The zero-order valence-electron chi connectivity index (χ0n) is 12.5. The molecule has 3 N–H and O–H groups in total. The van der Waals surface area contributed by atoms with Crippen molar-refractivity contribution in [1.82, 2.24) is 0 Å². The van der Waals surface area contributed by atoms with Crippen molar-refractivity contribution in [3.05, 3.63) is 59.4 Å². The molecule has 0 amide bonds. The van der Waals surface area contributed by atoms with Crippen LogP contribution in [0.15, 0.2) is 47.4 Å². The minimum atomic E-state index is -3.70. The van der Waals surface area contributed by atoms with Crippen molar-refractivity contribution in [2.45, 2.75) is 18.2 Å². The second-order valence-electron chi connectivity index (χ2n) is 5.08. The van der Waals surface area contributed by atoms with Crippen LogP contribution in [0.3, 0.4) is 0 Å². The van der Waals surface area contributed by atoms with Crippen LogP contribution in [0.4, 0.5) is 10.1 Å². The van der Waals surface area contributed by atoms with Gasteiger partial charge in [-0.3, -0.25) is 4.79 Å². The number of Topliss-reactive ketones (excluding diaryl/α,β-unsaturated/α-hetero) is 1. The van der Waals surface area contributed by atoms with E-state index in [0.717, 1.165) is 5.56 Å². The van der Waals surface area contributed by atoms with Crippen molar-refractivity contribution in [3.63, 3.8) is 0 Å². The summed E-state index contributed by atoms with van der Waals surface area (Å²) in [6, 6.07) is 10.6. The molecule has 0 saturated carbocycles. The van der Waals surface area contributed by atoms with Gasteiger partial charge < -0.3 is 5.32 Å². The highest BCUT2D eigenvalue weighted by molar-refractivity contribution is 7.89. The quantitative estimate of drug-likeness (QED) is 0.792. The van der Waals surface area contributed by atoms with Crippen LogP contribution in [0.5, 0.6) is 0 Å². The number of nitrogens with one attached hydrogen (secondary N) is 1. The summed E-state index contributed by atoms with van der Waals surface area (Å²) < 4.78 is 36.0. The zero-order chi connectivity index (χ0) is 17.0. The van der Waals surface area contributed by atoms with Gasteiger partial charge >= 0.3 is 0 Å². The number of anilines is 1. The molecule has 0 fully saturated rings. The highest BCUT2D eigenvalue weighted by Gasteiger charge is 2.12. The molecular formula is C16H17FN2O3S. The zero-order valence-corrected chi connectivity index (χ0v) is 13.4. The third-order valence-electron chi connectivity index (χ3n) is 3.35. The van der Waals surface area contributed by atoms with E-state index in [4.69, 9.17) is 5.14 Å². The number of primary sulfonamides is 1. The van der Waals surface area contributed by atoms with Crippen molar-refractivity contribution in [2.24, 2.45) is 5.14 Å². The Balaban J connectivity index is 2.03. The monoisotopic (exact) mass is 336 g/mol. The Hall–Kier alpha value is -2.25. The lowest BCUT2D eigenvalue weighted by atomic mass is 10.1. The molecule has 0 aliphatic rings. The van der Waals surface area contributed by atoms with Crippen molar-refractivity contribution < 1.29 is 17.6 Å². The van der Waals surface area contributed by atoms with Gasteiger partial charge in [-0.25, -0.2) is 17.9 Å². The SMILES string of the molecule is CC(=O)c1c(F)cccc1NCCc1ccc(S(N)(=O)=O)cc1. The molecule has 0 aromatic heterocycles. The molecule has 2 aromatic rings. The molecule has 5 nitrogen and oxygen atoms in total. The molecule has 2 rings (SSSR count). The first-order chi connectivity index (χ1) is 10.8. The predicted molar refractivity (Wildman–Crippen MR) is 86.4 cm³/mol. The minimum absolute atomic E-state index is 0.0390. The lowest BCUT2D eigenvalue weighted by Gasteiger charge is -2.11. The second-order valence-corrected chi connectivity index (χ2v) is 6.65. The molecule has 0 aliphatic heterocycles. The van der Waals surface area contributed by atoms with Crippen LogP contribution < -0.4 is 10.5 Å². The first-order valence-corrected chi connectivity index (χ1v) is 8.49. The summed E-state index contributed by atoms with van der Waals surface area (Å²) in [5, 5.41) is 8.06. The van der Waals surface area contributed by atoms with E-state index in [0.29, 0.717) is 18.7 Å². The van der Waals surface area contributed by atoms with E-state index in [1.54, 1.807) is 18.2 Å². The largest absolute Gasteiger partial charge is 0.384 e. The van der Waals surface area contributed by atoms with E-state index in [-0.39, 0.29) is 16.2 Å². The van der Waals surface area contributed by atoms with Crippen LogP contribution >= 0.6 is 0 Å². The number of carbonyl (C=O) groups excluding carboxylic acids is 1. The molecule has 0 heterocycles. The van der Waals surface area contributed by atoms with Gasteiger partial charge in [-0.05, 0) is 43.2 Å². The third kappa shape index (κ3) is 4.37. The average Bonchev–Trinajstić information content (AvgIpc) is 2.46. The van der Waals surface area contributed by atoms with Crippen molar-refractivity contribution >= 4 is 21.5 Å². The number of hydrogen-bond acceptors (Lipinski definition) is 4. The fraction of sp³-hybridized carbons (Fsp3) is 0.188.